The molecule has 6 nitrogen and oxygen atoms in total. The van der Waals surface area contributed by atoms with Crippen LogP contribution >= 0.6 is 11.6 Å². The molecular formula is C16H12ClN3O3. The predicted octanol–water partition coefficient (Wildman–Crippen LogP) is 2.44. The van der Waals surface area contributed by atoms with E-state index >= 15 is 0 Å². The molecule has 7 heteroatoms. The number of amides is 1. The quantitative estimate of drug-likeness (QED) is 0.801. The third-order valence-electron chi connectivity index (χ3n) is 3.29. The molecular weight excluding hydrogens is 318 g/mol. The molecule has 0 aliphatic heterocycles. The summed E-state index contributed by atoms with van der Waals surface area (Å²) in [7, 11) is 1.45. The number of fused-ring (bicyclic) bond motifs is 1. The highest BCUT2D eigenvalue weighted by atomic mass is 35.5. The van der Waals surface area contributed by atoms with Gasteiger partial charge < -0.3 is 4.74 Å². The maximum Gasteiger partial charge on any atom is 0.280 e. The molecule has 0 aliphatic rings. The first-order valence-electron chi connectivity index (χ1n) is 6.71. The summed E-state index contributed by atoms with van der Waals surface area (Å²) < 4.78 is 6.17. The number of para-hydroxylation sites is 1. The van der Waals surface area contributed by atoms with Crippen molar-refractivity contribution < 1.29 is 9.53 Å². The lowest BCUT2D eigenvalue weighted by atomic mass is 10.2. The van der Waals surface area contributed by atoms with Gasteiger partial charge in [-0.1, -0.05) is 23.7 Å². The molecule has 116 valence electrons. The number of aromatic nitrogens is 2. The van der Waals surface area contributed by atoms with Crippen LogP contribution in [0.5, 0.6) is 5.75 Å². The van der Waals surface area contributed by atoms with Gasteiger partial charge in [-0.15, -0.1) is 0 Å². The maximum atomic E-state index is 12.4. The van der Waals surface area contributed by atoms with Gasteiger partial charge in [0, 0.05) is 5.02 Å². The van der Waals surface area contributed by atoms with E-state index in [2.05, 4.69) is 10.4 Å². The SMILES string of the molecule is COc1ccc(Cl)cc1C(=O)Nn1cnc2ccccc2c1=O. The van der Waals surface area contributed by atoms with Crippen LogP contribution in [0.4, 0.5) is 0 Å². The van der Waals surface area contributed by atoms with Gasteiger partial charge in [0.05, 0.1) is 23.6 Å². The highest BCUT2D eigenvalue weighted by Gasteiger charge is 2.14. The summed E-state index contributed by atoms with van der Waals surface area (Å²) in [5.74, 6) is -0.169. The Morgan fingerprint density at radius 1 is 1.26 bits per heavy atom. The largest absolute Gasteiger partial charge is 0.496 e. The molecule has 0 atom stereocenters. The van der Waals surface area contributed by atoms with E-state index in [4.69, 9.17) is 16.3 Å². The maximum absolute atomic E-state index is 12.4. The minimum absolute atomic E-state index is 0.222. The van der Waals surface area contributed by atoms with E-state index in [-0.39, 0.29) is 11.1 Å². The summed E-state index contributed by atoms with van der Waals surface area (Å²) in [5.41, 5.74) is 2.90. The van der Waals surface area contributed by atoms with Crippen LogP contribution in [0.2, 0.25) is 5.02 Å². The van der Waals surface area contributed by atoms with E-state index < -0.39 is 5.91 Å². The van der Waals surface area contributed by atoms with Crippen LogP contribution in [-0.2, 0) is 0 Å². The number of rotatable bonds is 3. The highest BCUT2D eigenvalue weighted by molar-refractivity contribution is 6.31. The standard InChI is InChI=1S/C16H12ClN3O3/c1-23-14-7-6-10(17)8-12(14)15(21)19-20-9-18-13-5-3-2-4-11(13)16(20)22/h2-9H,1H3,(H,19,21). The number of carbonyl (C=O) groups excluding carboxylic acids is 1. The molecule has 0 fully saturated rings. The van der Waals surface area contributed by atoms with Crippen LogP contribution in [0.25, 0.3) is 10.9 Å². The molecule has 0 aliphatic carbocycles. The molecule has 23 heavy (non-hydrogen) atoms. The van der Waals surface area contributed by atoms with Gasteiger partial charge in [-0.2, -0.15) is 0 Å². The van der Waals surface area contributed by atoms with Crippen LogP contribution in [-0.4, -0.2) is 22.7 Å². The lowest BCUT2D eigenvalue weighted by Gasteiger charge is -2.11. The van der Waals surface area contributed by atoms with Crippen molar-refractivity contribution in [2.24, 2.45) is 0 Å². The lowest BCUT2D eigenvalue weighted by molar-refractivity contribution is 0.100. The lowest BCUT2D eigenvalue weighted by Crippen LogP contribution is -2.33. The number of halogens is 1. The fourth-order valence-electron chi connectivity index (χ4n) is 2.18. The summed E-state index contributed by atoms with van der Waals surface area (Å²) in [6.07, 6.45) is 1.26. The molecule has 1 amide bonds. The van der Waals surface area contributed by atoms with E-state index in [1.807, 2.05) is 0 Å². The molecule has 0 saturated carbocycles. The van der Waals surface area contributed by atoms with E-state index in [9.17, 15) is 9.59 Å². The molecule has 1 heterocycles. The van der Waals surface area contributed by atoms with Crippen LogP contribution in [0.3, 0.4) is 0 Å². The van der Waals surface area contributed by atoms with E-state index in [1.54, 1.807) is 36.4 Å². The zero-order valence-corrected chi connectivity index (χ0v) is 12.9. The van der Waals surface area contributed by atoms with Crippen molar-refractivity contribution in [3.63, 3.8) is 0 Å². The second-order valence-corrected chi connectivity index (χ2v) is 5.16. The molecule has 3 rings (SSSR count). The second kappa shape index (κ2) is 6.10. The Morgan fingerprint density at radius 2 is 2.04 bits per heavy atom. The van der Waals surface area contributed by atoms with Crippen molar-refractivity contribution in [3.8, 4) is 5.75 Å². The first-order chi connectivity index (χ1) is 11.1. The summed E-state index contributed by atoms with van der Waals surface area (Å²) in [6, 6.07) is 11.6. The zero-order chi connectivity index (χ0) is 16.4. The van der Waals surface area contributed by atoms with Gasteiger partial charge in [0.25, 0.3) is 11.5 Å². The summed E-state index contributed by atoms with van der Waals surface area (Å²) in [5, 5.41) is 0.799. The molecule has 3 aromatic rings. The smallest absolute Gasteiger partial charge is 0.280 e. The van der Waals surface area contributed by atoms with Gasteiger partial charge in [0.2, 0.25) is 0 Å². The zero-order valence-electron chi connectivity index (χ0n) is 12.1. The number of benzene rings is 2. The Morgan fingerprint density at radius 3 is 2.83 bits per heavy atom. The molecule has 0 spiro atoms. The number of methoxy groups -OCH3 is 1. The van der Waals surface area contributed by atoms with Gasteiger partial charge in [-0.05, 0) is 30.3 Å². The Balaban J connectivity index is 1.99. The van der Waals surface area contributed by atoms with E-state index in [1.165, 1.54) is 19.5 Å². The number of hydrogen-bond acceptors (Lipinski definition) is 4. The summed E-state index contributed by atoms with van der Waals surface area (Å²) in [4.78, 5) is 28.9. The van der Waals surface area contributed by atoms with Gasteiger partial charge >= 0.3 is 0 Å². The average molecular weight is 330 g/mol. The van der Waals surface area contributed by atoms with Crippen LogP contribution < -0.4 is 15.7 Å². The molecule has 1 aromatic heterocycles. The third kappa shape index (κ3) is 2.89. The number of hydrogen-bond donors (Lipinski definition) is 1. The Bertz CT molecular complexity index is 953. The molecule has 0 radical (unpaired) electrons. The van der Waals surface area contributed by atoms with Crippen LogP contribution in [0, 0.1) is 0 Å². The Kier molecular flexibility index (Phi) is 3.99. The molecule has 0 saturated heterocycles. The van der Waals surface area contributed by atoms with Gasteiger partial charge in [0.1, 0.15) is 12.1 Å². The minimum Gasteiger partial charge on any atom is -0.496 e. The normalized spacial score (nSPS) is 10.5. The first-order valence-corrected chi connectivity index (χ1v) is 7.09. The second-order valence-electron chi connectivity index (χ2n) is 4.72. The predicted molar refractivity (Wildman–Crippen MR) is 87.7 cm³/mol. The molecule has 1 N–H and O–H groups in total. The average Bonchev–Trinajstić information content (AvgIpc) is 2.57. The Labute approximate surface area is 136 Å². The van der Waals surface area contributed by atoms with Crippen molar-refractivity contribution in [2.75, 3.05) is 12.5 Å². The van der Waals surface area contributed by atoms with Crippen LogP contribution in [0.15, 0.2) is 53.6 Å². The van der Waals surface area contributed by atoms with Crippen molar-refractivity contribution in [1.29, 1.82) is 0 Å². The van der Waals surface area contributed by atoms with E-state index in [0.29, 0.717) is 21.7 Å². The summed E-state index contributed by atoms with van der Waals surface area (Å²) in [6.45, 7) is 0. The molecule has 2 aromatic carbocycles. The number of nitrogens with zero attached hydrogens (tertiary/aromatic N) is 2. The van der Waals surface area contributed by atoms with Crippen LogP contribution in [0.1, 0.15) is 10.4 Å². The topological polar surface area (TPSA) is 73.2 Å². The fourth-order valence-corrected chi connectivity index (χ4v) is 2.35. The van der Waals surface area contributed by atoms with Crippen molar-refractivity contribution in [2.45, 2.75) is 0 Å². The molecule has 0 unspecified atom stereocenters. The van der Waals surface area contributed by atoms with Gasteiger partial charge in [-0.25, -0.2) is 9.66 Å². The number of nitrogens with one attached hydrogen (secondary N) is 1. The van der Waals surface area contributed by atoms with Crippen molar-refractivity contribution in [3.05, 3.63) is 69.7 Å². The molecule has 0 bridgehead atoms. The van der Waals surface area contributed by atoms with Crippen molar-refractivity contribution in [1.82, 2.24) is 9.66 Å². The van der Waals surface area contributed by atoms with E-state index in [0.717, 1.165) is 4.68 Å². The van der Waals surface area contributed by atoms with Gasteiger partial charge in [0.15, 0.2) is 0 Å². The number of ether oxygens (including phenoxy) is 1. The minimum atomic E-state index is -0.525. The number of carbonyl (C=O) groups is 1. The monoisotopic (exact) mass is 329 g/mol. The Hall–Kier alpha value is -2.86. The fraction of sp³-hybridized carbons (Fsp3) is 0.0625. The third-order valence-corrected chi connectivity index (χ3v) is 3.53. The first kappa shape index (κ1) is 15.1. The van der Waals surface area contributed by atoms with Gasteiger partial charge in [-0.3, -0.25) is 15.0 Å². The van der Waals surface area contributed by atoms with Crippen molar-refractivity contribution >= 4 is 28.4 Å². The highest BCUT2D eigenvalue weighted by Crippen LogP contribution is 2.22. The summed E-state index contributed by atoms with van der Waals surface area (Å²) >= 11 is 5.91.